The van der Waals surface area contributed by atoms with Crippen LogP contribution in [0.4, 0.5) is 0 Å². The first-order chi connectivity index (χ1) is 17.5. The molecule has 3 N–H and O–H groups in total. The fourth-order valence-corrected chi connectivity index (χ4v) is 4.77. The summed E-state index contributed by atoms with van der Waals surface area (Å²) in [6.45, 7) is 3.44. The number of nitrogens with one attached hydrogen (secondary N) is 1. The van der Waals surface area contributed by atoms with Gasteiger partial charge in [0.15, 0.2) is 6.29 Å². The van der Waals surface area contributed by atoms with Crippen LogP contribution in [-0.4, -0.2) is 52.7 Å². The molecule has 194 valence electrons. The predicted molar refractivity (Wildman–Crippen MR) is 134 cm³/mol. The second kappa shape index (κ2) is 13.0. The summed E-state index contributed by atoms with van der Waals surface area (Å²) in [5.41, 5.74) is 3.78. The molecule has 8 nitrogen and oxygen atoms in total. The van der Waals surface area contributed by atoms with Crippen LogP contribution in [0.3, 0.4) is 0 Å². The lowest BCUT2D eigenvalue weighted by Gasteiger charge is -2.39. The maximum atomic E-state index is 11.8. The third kappa shape index (κ3) is 7.61. The van der Waals surface area contributed by atoms with Crippen molar-refractivity contribution in [1.29, 1.82) is 0 Å². The summed E-state index contributed by atoms with van der Waals surface area (Å²) in [6.07, 6.45) is 3.73. The van der Waals surface area contributed by atoms with E-state index >= 15 is 0 Å². The lowest BCUT2D eigenvalue weighted by Crippen LogP contribution is -2.41. The molecule has 8 heteroatoms. The number of nitrogens with zero attached hydrogens (tertiary/aromatic N) is 1. The van der Waals surface area contributed by atoms with E-state index in [1.807, 2.05) is 48.5 Å². The number of aliphatic hydroxyl groups excluding tert-OH is 1. The number of carboxylic acids is 1. The minimum absolute atomic E-state index is 0.0154. The zero-order valence-electron chi connectivity index (χ0n) is 20.6. The number of hydrogen-bond donors (Lipinski definition) is 3. The normalized spacial score (nSPS) is 22.8. The maximum Gasteiger partial charge on any atom is 0.303 e. The molecule has 0 aliphatic carbocycles. The smallest absolute Gasteiger partial charge is 0.303 e. The molecule has 0 spiro atoms. The Balaban J connectivity index is 1.42. The number of benzene rings is 2. The third-order valence-corrected chi connectivity index (χ3v) is 6.83. The average molecular weight is 497 g/mol. The molecule has 2 aliphatic rings. The highest BCUT2D eigenvalue weighted by atomic mass is 16.7. The summed E-state index contributed by atoms with van der Waals surface area (Å²) in [6, 6.07) is 15.7. The number of amides is 1. The lowest BCUT2D eigenvalue weighted by molar-refractivity contribution is -0.253. The molecule has 0 radical (unpaired) electrons. The fraction of sp³-hybridized carbons (Fsp3) is 0.500. The molecule has 36 heavy (non-hydrogen) atoms. The van der Waals surface area contributed by atoms with Crippen molar-refractivity contribution in [2.24, 2.45) is 0 Å². The Morgan fingerprint density at radius 1 is 0.889 bits per heavy atom. The number of piperidine rings is 1. The monoisotopic (exact) mass is 496 g/mol. The quantitative estimate of drug-likeness (QED) is 0.460. The number of carbonyl (C=O) groups excluding carboxylic acids is 1. The predicted octanol–water partition coefficient (Wildman–Crippen LogP) is 3.69. The van der Waals surface area contributed by atoms with Gasteiger partial charge in [-0.05, 0) is 42.6 Å². The van der Waals surface area contributed by atoms with Gasteiger partial charge in [-0.25, -0.2) is 0 Å². The molecular formula is C28H36N2O6. The van der Waals surface area contributed by atoms with E-state index < -0.39 is 12.3 Å². The van der Waals surface area contributed by atoms with Gasteiger partial charge in [-0.2, -0.15) is 0 Å². The molecule has 0 saturated carbocycles. The Bertz CT molecular complexity index is 988. The summed E-state index contributed by atoms with van der Waals surface area (Å²) in [4.78, 5) is 24.9. The van der Waals surface area contributed by atoms with Gasteiger partial charge in [-0.3, -0.25) is 9.59 Å². The number of carbonyl (C=O) groups is 2. The summed E-state index contributed by atoms with van der Waals surface area (Å²) >= 11 is 0. The SMILES string of the molecule is O=C(O)CCC(=O)NCc1ccc(C2OC(CN3CCCCC3)CC(c3ccc(CO)cc3)O2)cc1. The molecule has 2 aromatic carbocycles. The average Bonchev–Trinajstić information content (AvgIpc) is 2.91. The molecule has 2 heterocycles. The second-order valence-corrected chi connectivity index (χ2v) is 9.62. The Morgan fingerprint density at radius 3 is 2.22 bits per heavy atom. The Labute approximate surface area is 212 Å². The first kappa shape index (κ1) is 26.3. The van der Waals surface area contributed by atoms with E-state index in [0.717, 1.165) is 48.3 Å². The molecule has 0 bridgehead atoms. The van der Waals surface area contributed by atoms with E-state index in [0.29, 0.717) is 6.54 Å². The molecule has 4 rings (SSSR count). The van der Waals surface area contributed by atoms with Gasteiger partial charge in [0.2, 0.25) is 5.91 Å². The van der Waals surface area contributed by atoms with Crippen molar-refractivity contribution < 1.29 is 29.3 Å². The van der Waals surface area contributed by atoms with Crippen molar-refractivity contribution in [3.63, 3.8) is 0 Å². The Kier molecular flexibility index (Phi) is 9.47. The molecular weight excluding hydrogens is 460 g/mol. The summed E-state index contributed by atoms with van der Waals surface area (Å²) in [5, 5.41) is 20.9. The van der Waals surface area contributed by atoms with Crippen molar-refractivity contribution in [1.82, 2.24) is 10.2 Å². The number of rotatable bonds is 10. The van der Waals surface area contributed by atoms with Gasteiger partial charge in [-0.15, -0.1) is 0 Å². The highest BCUT2D eigenvalue weighted by Crippen LogP contribution is 2.38. The molecule has 2 saturated heterocycles. The number of ether oxygens (including phenoxy) is 2. The first-order valence-corrected chi connectivity index (χ1v) is 12.8. The van der Waals surface area contributed by atoms with E-state index in [-0.39, 0.29) is 37.6 Å². The highest BCUT2D eigenvalue weighted by Gasteiger charge is 2.33. The fourth-order valence-electron chi connectivity index (χ4n) is 4.77. The van der Waals surface area contributed by atoms with Crippen LogP contribution in [0.5, 0.6) is 0 Å². The molecule has 3 atom stereocenters. The van der Waals surface area contributed by atoms with Gasteiger partial charge in [0.1, 0.15) is 0 Å². The maximum absolute atomic E-state index is 11.8. The highest BCUT2D eigenvalue weighted by molar-refractivity contribution is 5.80. The van der Waals surface area contributed by atoms with Crippen LogP contribution < -0.4 is 5.32 Å². The number of carboxylic acid groups (broad SMARTS) is 1. The van der Waals surface area contributed by atoms with Crippen LogP contribution in [0, 0.1) is 0 Å². The van der Waals surface area contributed by atoms with E-state index in [1.165, 1.54) is 19.3 Å². The van der Waals surface area contributed by atoms with Crippen LogP contribution in [-0.2, 0) is 32.2 Å². The van der Waals surface area contributed by atoms with E-state index in [4.69, 9.17) is 14.6 Å². The lowest BCUT2D eigenvalue weighted by atomic mass is 9.99. The molecule has 2 fully saturated rings. The zero-order valence-corrected chi connectivity index (χ0v) is 20.6. The number of aliphatic hydroxyl groups is 1. The number of aliphatic carboxylic acids is 1. The number of likely N-dealkylation sites (tertiary alicyclic amines) is 1. The molecule has 2 aliphatic heterocycles. The summed E-state index contributed by atoms with van der Waals surface area (Å²) in [5.74, 6) is -1.26. The van der Waals surface area contributed by atoms with Gasteiger partial charge < -0.3 is 29.9 Å². The molecule has 3 unspecified atom stereocenters. The minimum atomic E-state index is -0.983. The van der Waals surface area contributed by atoms with Crippen molar-refractivity contribution in [3.8, 4) is 0 Å². The molecule has 1 amide bonds. The van der Waals surface area contributed by atoms with Gasteiger partial charge in [0, 0.05) is 31.5 Å². The molecule has 2 aromatic rings. The van der Waals surface area contributed by atoms with Crippen LogP contribution in [0.25, 0.3) is 0 Å². The van der Waals surface area contributed by atoms with Crippen molar-refractivity contribution in [3.05, 3.63) is 70.8 Å². The van der Waals surface area contributed by atoms with Crippen molar-refractivity contribution >= 4 is 11.9 Å². The third-order valence-electron chi connectivity index (χ3n) is 6.83. The van der Waals surface area contributed by atoms with Crippen LogP contribution in [0.1, 0.15) is 73.2 Å². The minimum Gasteiger partial charge on any atom is -0.481 e. The van der Waals surface area contributed by atoms with Crippen molar-refractivity contribution in [2.75, 3.05) is 19.6 Å². The van der Waals surface area contributed by atoms with Gasteiger partial charge in [0.25, 0.3) is 0 Å². The molecule has 0 aromatic heterocycles. The summed E-state index contributed by atoms with van der Waals surface area (Å²) < 4.78 is 12.9. The topological polar surface area (TPSA) is 108 Å². The van der Waals surface area contributed by atoms with E-state index in [1.54, 1.807) is 0 Å². The van der Waals surface area contributed by atoms with Crippen LogP contribution in [0.2, 0.25) is 0 Å². The second-order valence-electron chi connectivity index (χ2n) is 9.62. The van der Waals surface area contributed by atoms with Crippen molar-refractivity contribution in [2.45, 2.75) is 70.2 Å². The largest absolute Gasteiger partial charge is 0.481 e. The number of hydrogen-bond acceptors (Lipinski definition) is 6. The van der Waals surface area contributed by atoms with Crippen LogP contribution in [0.15, 0.2) is 48.5 Å². The van der Waals surface area contributed by atoms with Gasteiger partial charge in [0.05, 0.1) is 25.2 Å². The van der Waals surface area contributed by atoms with Gasteiger partial charge >= 0.3 is 5.97 Å². The van der Waals surface area contributed by atoms with E-state index in [2.05, 4.69) is 10.2 Å². The van der Waals surface area contributed by atoms with Crippen LogP contribution >= 0.6 is 0 Å². The summed E-state index contributed by atoms with van der Waals surface area (Å²) in [7, 11) is 0. The Morgan fingerprint density at radius 2 is 1.56 bits per heavy atom. The first-order valence-electron chi connectivity index (χ1n) is 12.8. The Hall–Kier alpha value is -2.78. The standard InChI is InChI=1S/C28H36N2O6/c31-19-21-6-8-22(9-7-21)25-16-24(18-30-14-2-1-3-15-30)35-28(36-25)23-10-4-20(5-11-23)17-29-26(32)12-13-27(33)34/h4-11,24-25,28,31H,1-3,12-19H2,(H,29,32)(H,33,34). The van der Waals surface area contributed by atoms with E-state index in [9.17, 15) is 14.7 Å². The zero-order chi connectivity index (χ0) is 25.3. The van der Waals surface area contributed by atoms with Gasteiger partial charge in [-0.1, -0.05) is 55.0 Å².